The number of hydrogen-bond acceptors (Lipinski definition) is 7. The molecule has 0 atom stereocenters. The molecule has 2 N–H and O–H groups in total. The Morgan fingerprint density at radius 3 is 2.66 bits per heavy atom. The van der Waals surface area contributed by atoms with Crippen molar-refractivity contribution >= 4 is 46.0 Å². The first-order valence-electron chi connectivity index (χ1n) is 10.8. The third kappa shape index (κ3) is 4.99. The molecule has 9 heteroatoms. The van der Waals surface area contributed by atoms with Gasteiger partial charge in [0, 0.05) is 39.3 Å². The van der Waals surface area contributed by atoms with Gasteiger partial charge in [0.15, 0.2) is 18.1 Å². The van der Waals surface area contributed by atoms with Gasteiger partial charge in [-0.2, -0.15) is 0 Å². The van der Waals surface area contributed by atoms with E-state index < -0.39 is 5.97 Å². The van der Waals surface area contributed by atoms with Gasteiger partial charge in [-0.15, -0.1) is 11.8 Å². The smallest absolute Gasteiger partial charge is 0.339 e. The molecule has 0 saturated heterocycles. The van der Waals surface area contributed by atoms with Crippen molar-refractivity contribution in [2.75, 3.05) is 24.5 Å². The van der Waals surface area contributed by atoms with E-state index in [1.807, 2.05) is 24.3 Å². The molecule has 1 aliphatic heterocycles. The molecule has 2 heterocycles. The van der Waals surface area contributed by atoms with Crippen molar-refractivity contribution in [3.8, 4) is 11.5 Å². The summed E-state index contributed by atoms with van der Waals surface area (Å²) in [6.45, 7) is -0.229. The SMILES string of the molecule is O=C(CSc1ccccc1C(=O)OCC(=O)c1c[nH]c2ccccc12)Nc1ccc2c(c1)OCO2. The van der Waals surface area contributed by atoms with Crippen molar-refractivity contribution < 1.29 is 28.6 Å². The highest BCUT2D eigenvalue weighted by Gasteiger charge is 2.19. The molecule has 0 spiro atoms. The van der Waals surface area contributed by atoms with Crippen LogP contribution in [0.4, 0.5) is 5.69 Å². The Labute approximate surface area is 204 Å². The summed E-state index contributed by atoms with van der Waals surface area (Å²) in [5, 5.41) is 3.58. The maximum absolute atomic E-state index is 12.7. The van der Waals surface area contributed by atoms with Gasteiger partial charge in [0.05, 0.1) is 11.3 Å². The normalized spacial score (nSPS) is 11.9. The summed E-state index contributed by atoms with van der Waals surface area (Å²) < 4.78 is 15.9. The van der Waals surface area contributed by atoms with Crippen LogP contribution in [0, 0.1) is 0 Å². The number of aromatic amines is 1. The maximum Gasteiger partial charge on any atom is 0.339 e. The second-order valence-electron chi connectivity index (χ2n) is 7.65. The van der Waals surface area contributed by atoms with E-state index in [2.05, 4.69) is 10.3 Å². The quantitative estimate of drug-likeness (QED) is 0.211. The van der Waals surface area contributed by atoms with E-state index in [-0.39, 0.29) is 30.8 Å². The van der Waals surface area contributed by atoms with E-state index in [4.69, 9.17) is 14.2 Å². The van der Waals surface area contributed by atoms with Gasteiger partial charge < -0.3 is 24.5 Å². The maximum atomic E-state index is 12.7. The third-order valence-corrected chi connectivity index (χ3v) is 6.42. The Bertz CT molecular complexity index is 1430. The standard InChI is InChI=1S/C26H20N2O6S/c29-21(19-12-27-20-7-3-1-5-17(19)20)13-32-26(31)18-6-2-4-8-24(18)35-14-25(30)28-16-9-10-22-23(11-16)34-15-33-22/h1-12,27H,13-15H2,(H,28,30). The number of thioether (sulfide) groups is 1. The van der Waals surface area contributed by atoms with E-state index in [0.29, 0.717) is 33.2 Å². The van der Waals surface area contributed by atoms with Crippen molar-refractivity contribution in [3.63, 3.8) is 0 Å². The van der Waals surface area contributed by atoms with Crippen LogP contribution in [0.25, 0.3) is 10.9 Å². The number of fused-ring (bicyclic) bond motifs is 2. The number of benzene rings is 3. The van der Waals surface area contributed by atoms with Crippen molar-refractivity contribution in [1.29, 1.82) is 0 Å². The fourth-order valence-electron chi connectivity index (χ4n) is 3.66. The molecule has 0 unspecified atom stereocenters. The number of rotatable bonds is 8. The van der Waals surface area contributed by atoms with Gasteiger partial charge in [0.25, 0.3) is 0 Å². The molecular formula is C26H20N2O6S. The molecule has 5 rings (SSSR count). The van der Waals surface area contributed by atoms with Crippen molar-refractivity contribution in [2.45, 2.75) is 4.90 Å². The summed E-state index contributed by atoms with van der Waals surface area (Å²) in [6, 6.07) is 19.4. The number of ether oxygens (including phenoxy) is 3. The molecule has 1 aliphatic rings. The lowest BCUT2D eigenvalue weighted by Gasteiger charge is -2.10. The van der Waals surface area contributed by atoms with E-state index in [1.54, 1.807) is 48.7 Å². The van der Waals surface area contributed by atoms with Crippen LogP contribution < -0.4 is 14.8 Å². The van der Waals surface area contributed by atoms with Gasteiger partial charge in [-0.05, 0) is 30.3 Å². The minimum atomic E-state index is -0.627. The number of amides is 1. The van der Waals surface area contributed by atoms with Crippen LogP contribution in [0.3, 0.4) is 0 Å². The van der Waals surface area contributed by atoms with Crippen LogP contribution in [0.1, 0.15) is 20.7 Å². The molecular weight excluding hydrogens is 468 g/mol. The zero-order chi connectivity index (χ0) is 24.2. The lowest BCUT2D eigenvalue weighted by molar-refractivity contribution is -0.113. The van der Waals surface area contributed by atoms with Crippen LogP contribution in [0.2, 0.25) is 0 Å². The Kier molecular flexibility index (Phi) is 6.40. The Hall–Kier alpha value is -4.24. The molecule has 0 saturated carbocycles. The molecule has 0 fully saturated rings. The van der Waals surface area contributed by atoms with Crippen molar-refractivity contribution in [3.05, 3.63) is 84.1 Å². The first-order chi connectivity index (χ1) is 17.1. The average molecular weight is 489 g/mol. The highest BCUT2D eigenvalue weighted by molar-refractivity contribution is 8.00. The predicted octanol–water partition coefficient (Wildman–Crippen LogP) is 4.67. The van der Waals surface area contributed by atoms with Crippen molar-refractivity contribution in [2.24, 2.45) is 0 Å². The molecule has 4 aromatic rings. The van der Waals surface area contributed by atoms with E-state index in [9.17, 15) is 14.4 Å². The number of nitrogens with one attached hydrogen (secondary N) is 2. The topological polar surface area (TPSA) is 107 Å². The molecule has 35 heavy (non-hydrogen) atoms. The van der Waals surface area contributed by atoms with Crippen LogP contribution in [0.5, 0.6) is 11.5 Å². The molecule has 8 nitrogen and oxygen atoms in total. The summed E-state index contributed by atoms with van der Waals surface area (Å²) in [5.74, 6) is 0.110. The Morgan fingerprint density at radius 2 is 1.74 bits per heavy atom. The second kappa shape index (κ2) is 9.94. The number of aromatic nitrogens is 1. The molecule has 176 valence electrons. The summed E-state index contributed by atoms with van der Waals surface area (Å²) in [7, 11) is 0. The van der Waals surface area contributed by atoms with Crippen LogP contribution in [-0.4, -0.2) is 41.8 Å². The molecule has 0 aliphatic carbocycles. The molecule has 0 radical (unpaired) electrons. The summed E-state index contributed by atoms with van der Waals surface area (Å²) in [6.07, 6.45) is 1.61. The zero-order valence-corrected chi connectivity index (χ0v) is 19.2. The number of esters is 1. The van der Waals surface area contributed by atoms with Crippen LogP contribution in [-0.2, 0) is 9.53 Å². The number of H-pyrrole nitrogens is 1. The van der Waals surface area contributed by atoms with Gasteiger partial charge in [-0.3, -0.25) is 9.59 Å². The van der Waals surface area contributed by atoms with E-state index in [0.717, 1.165) is 10.9 Å². The van der Waals surface area contributed by atoms with Gasteiger partial charge in [0.2, 0.25) is 18.5 Å². The molecule has 1 amide bonds. The number of hydrogen-bond donors (Lipinski definition) is 2. The summed E-state index contributed by atoms with van der Waals surface area (Å²) in [5.41, 5.74) is 2.18. The number of ketones is 1. The fraction of sp³-hybridized carbons (Fsp3) is 0.115. The second-order valence-corrected chi connectivity index (χ2v) is 8.67. The monoisotopic (exact) mass is 488 g/mol. The molecule has 0 bridgehead atoms. The zero-order valence-electron chi connectivity index (χ0n) is 18.4. The fourth-order valence-corrected chi connectivity index (χ4v) is 4.51. The first kappa shape index (κ1) is 22.5. The van der Waals surface area contributed by atoms with E-state index >= 15 is 0 Å². The minimum Gasteiger partial charge on any atom is -0.454 e. The first-order valence-corrected chi connectivity index (χ1v) is 11.7. The highest BCUT2D eigenvalue weighted by Crippen LogP contribution is 2.34. The molecule has 1 aromatic heterocycles. The Balaban J connectivity index is 1.18. The lowest BCUT2D eigenvalue weighted by Crippen LogP contribution is -2.16. The Morgan fingerprint density at radius 1 is 0.943 bits per heavy atom. The van der Waals surface area contributed by atoms with Gasteiger partial charge in [-0.1, -0.05) is 30.3 Å². The number of para-hydroxylation sites is 1. The largest absolute Gasteiger partial charge is 0.454 e. The average Bonchev–Trinajstić information content (AvgIpc) is 3.53. The molecule has 3 aromatic carbocycles. The van der Waals surface area contributed by atoms with Gasteiger partial charge in [-0.25, -0.2) is 4.79 Å². The van der Waals surface area contributed by atoms with Crippen LogP contribution in [0.15, 0.2) is 77.8 Å². The van der Waals surface area contributed by atoms with Gasteiger partial charge >= 0.3 is 5.97 Å². The minimum absolute atomic E-state index is 0.0764. The summed E-state index contributed by atoms with van der Waals surface area (Å²) in [4.78, 5) is 41.4. The number of anilines is 1. The third-order valence-electron chi connectivity index (χ3n) is 5.35. The highest BCUT2D eigenvalue weighted by atomic mass is 32.2. The summed E-state index contributed by atoms with van der Waals surface area (Å²) >= 11 is 1.20. The number of carbonyl (C=O) groups excluding carboxylic acids is 3. The van der Waals surface area contributed by atoms with Crippen molar-refractivity contribution in [1.82, 2.24) is 4.98 Å². The number of carbonyl (C=O) groups is 3. The lowest BCUT2D eigenvalue weighted by atomic mass is 10.1. The van der Waals surface area contributed by atoms with E-state index in [1.165, 1.54) is 11.8 Å². The predicted molar refractivity (Wildman–Crippen MR) is 131 cm³/mol. The number of Topliss-reactive ketones (excluding diaryl/α,β-unsaturated/α-hetero) is 1. The van der Waals surface area contributed by atoms with Gasteiger partial charge in [0.1, 0.15) is 0 Å². The van der Waals surface area contributed by atoms with Crippen LogP contribution >= 0.6 is 11.8 Å².